The fourth-order valence-corrected chi connectivity index (χ4v) is 5.68. The number of thioether (sulfide) groups is 2. The van der Waals surface area contributed by atoms with E-state index in [1.54, 1.807) is 4.90 Å². The molecule has 1 N–H and O–H groups in total. The van der Waals surface area contributed by atoms with E-state index in [2.05, 4.69) is 21.6 Å². The summed E-state index contributed by atoms with van der Waals surface area (Å²) in [6, 6.07) is 2.29. The number of nitrogens with zero attached hydrogens (tertiary/aromatic N) is 4. The summed E-state index contributed by atoms with van der Waals surface area (Å²) in [6.45, 7) is 5.32. The van der Waals surface area contributed by atoms with Gasteiger partial charge in [0.15, 0.2) is 8.68 Å². The Balaban J connectivity index is 1.77. The molecule has 0 aliphatic heterocycles. The SMILES string of the molecule is CCN(CC)C(=O)CSc1nnc(SCC(=O)NC2(C#N)CCCCC2)s1. The zero-order valence-electron chi connectivity index (χ0n) is 15.7. The molecule has 10 heteroatoms. The fourth-order valence-electron chi connectivity index (χ4n) is 2.96. The Bertz CT molecular complexity index is 678. The van der Waals surface area contributed by atoms with Crippen molar-refractivity contribution in [3.63, 3.8) is 0 Å². The van der Waals surface area contributed by atoms with Crippen LogP contribution in [0.15, 0.2) is 8.68 Å². The molecule has 1 aliphatic carbocycles. The number of nitriles is 1. The van der Waals surface area contributed by atoms with Crippen molar-refractivity contribution in [2.45, 2.75) is 60.2 Å². The second-order valence-electron chi connectivity index (χ2n) is 6.28. The topological polar surface area (TPSA) is 99.0 Å². The zero-order valence-corrected chi connectivity index (χ0v) is 18.1. The van der Waals surface area contributed by atoms with Gasteiger partial charge in [-0.25, -0.2) is 0 Å². The molecule has 0 atom stereocenters. The Labute approximate surface area is 172 Å². The number of carbonyl (C=O) groups excluding carboxylic acids is 2. The maximum atomic E-state index is 12.2. The number of rotatable bonds is 9. The van der Waals surface area contributed by atoms with Crippen molar-refractivity contribution in [1.29, 1.82) is 5.26 Å². The molecule has 0 saturated heterocycles. The van der Waals surface area contributed by atoms with E-state index in [0.717, 1.165) is 36.4 Å². The largest absolute Gasteiger partial charge is 0.343 e. The van der Waals surface area contributed by atoms with Crippen molar-refractivity contribution in [3.05, 3.63) is 0 Å². The van der Waals surface area contributed by atoms with Crippen LogP contribution in [0.1, 0.15) is 46.0 Å². The van der Waals surface area contributed by atoms with E-state index >= 15 is 0 Å². The second-order valence-corrected chi connectivity index (χ2v) is 9.70. The summed E-state index contributed by atoms with van der Waals surface area (Å²) >= 11 is 4.07. The molecule has 1 aromatic rings. The minimum atomic E-state index is -0.706. The molecule has 27 heavy (non-hydrogen) atoms. The van der Waals surface area contributed by atoms with E-state index in [9.17, 15) is 14.9 Å². The first-order chi connectivity index (χ1) is 13.0. The van der Waals surface area contributed by atoms with Crippen LogP contribution in [0.5, 0.6) is 0 Å². The van der Waals surface area contributed by atoms with Crippen molar-refractivity contribution in [2.75, 3.05) is 24.6 Å². The highest BCUT2D eigenvalue weighted by atomic mass is 32.2. The van der Waals surface area contributed by atoms with Crippen LogP contribution in [-0.4, -0.2) is 57.0 Å². The smallest absolute Gasteiger partial charge is 0.233 e. The van der Waals surface area contributed by atoms with E-state index in [4.69, 9.17) is 0 Å². The normalized spacial score (nSPS) is 15.7. The summed E-state index contributed by atoms with van der Waals surface area (Å²) in [7, 11) is 0. The first-order valence-electron chi connectivity index (χ1n) is 9.11. The Hall–Kier alpha value is -1.31. The van der Waals surface area contributed by atoms with Crippen LogP contribution < -0.4 is 5.32 Å². The van der Waals surface area contributed by atoms with Gasteiger partial charge in [0.1, 0.15) is 5.54 Å². The fraction of sp³-hybridized carbons (Fsp3) is 0.706. The molecule has 0 unspecified atom stereocenters. The molecule has 7 nitrogen and oxygen atoms in total. The van der Waals surface area contributed by atoms with Crippen LogP contribution in [0.4, 0.5) is 0 Å². The second kappa shape index (κ2) is 10.9. The molecule has 0 spiro atoms. The van der Waals surface area contributed by atoms with Gasteiger partial charge >= 0.3 is 0 Å². The quantitative estimate of drug-likeness (QED) is 0.605. The number of carbonyl (C=O) groups is 2. The van der Waals surface area contributed by atoms with Gasteiger partial charge in [0, 0.05) is 13.1 Å². The Morgan fingerprint density at radius 2 is 1.74 bits per heavy atom. The summed E-state index contributed by atoms with van der Waals surface area (Å²) in [5.74, 6) is 0.486. The first kappa shape index (κ1) is 22.0. The van der Waals surface area contributed by atoms with E-state index < -0.39 is 5.54 Å². The highest BCUT2D eigenvalue weighted by molar-refractivity contribution is 8.03. The first-order valence-corrected chi connectivity index (χ1v) is 11.9. The third-order valence-corrected chi connectivity index (χ3v) is 7.62. The number of hydrogen-bond acceptors (Lipinski definition) is 8. The highest BCUT2D eigenvalue weighted by Crippen LogP contribution is 2.30. The Morgan fingerprint density at radius 3 is 2.30 bits per heavy atom. The van der Waals surface area contributed by atoms with Crippen molar-refractivity contribution >= 4 is 46.7 Å². The molecule has 1 aromatic heterocycles. The minimum Gasteiger partial charge on any atom is -0.343 e. The van der Waals surface area contributed by atoms with Crippen molar-refractivity contribution in [3.8, 4) is 6.07 Å². The zero-order chi connectivity index (χ0) is 19.7. The average molecular weight is 428 g/mol. The molecular formula is C17H25N5O2S3. The monoisotopic (exact) mass is 427 g/mol. The molecule has 2 amide bonds. The average Bonchev–Trinajstić information content (AvgIpc) is 3.14. The molecular weight excluding hydrogens is 402 g/mol. The lowest BCUT2D eigenvalue weighted by molar-refractivity contribution is -0.128. The molecule has 2 rings (SSSR count). The van der Waals surface area contributed by atoms with E-state index in [1.807, 2.05) is 13.8 Å². The van der Waals surface area contributed by atoms with E-state index in [-0.39, 0.29) is 17.6 Å². The summed E-state index contributed by atoms with van der Waals surface area (Å²) in [5, 5.41) is 20.5. The molecule has 0 bridgehead atoms. The molecule has 148 valence electrons. The van der Waals surface area contributed by atoms with Gasteiger partial charge in [-0.05, 0) is 26.7 Å². The van der Waals surface area contributed by atoms with Gasteiger partial charge in [-0.3, -0.25) is 9.59 Å². The Morgan fingerprint density at radius 1 is 1.15 bits per heavy atom. The van der Waals surface area contributed by atoms with Crippen LogP contribution in [0.3, 0.4) is 0 Å². The van der Waals surface area contributed by atoms with E-state index in [0.29, 0.717) is 23.2 Å². The predicted octanol–water partition coefficient (Wildman–Crippen LogP) is 2.93. The van der Waals surface area contributed by atoms with E-state index in [1.165, 1.54) is 34.9 Å². The van der Waals surface area contributed by atoms with Crippen LogP contribution in [0, 0.1) is 11.3 Å². The molecule has 1 saturated carbocycles. The molecule has 0 radical (unpaired) electrons. The standard InChI is InChI=1S/C17H25N5O2S3/c1-3-22(4-2)14(24)11-26-16-21-20-15(27-16)25-10-13(23)19-17(12-18)8-6-5-7-9-17/h3-11H2,1-2H3,(H,19,23). The van der Waals surface area contributed by atoms with Crippen LogP contribution >= 0.6 is 34.9 Å². The lowest BCUT2D eigenvalue weighted by Crippen LogP contribution is -2.49. The number of aromatic nitrogens is 2. The van der Waals surface area contributed by atoms with Crippen molar-refractivity contribution in [2.24, 2.45) is 0 Å². The third kappa shape index (κ3) is 6.66. The van der Waals surface area contributed by atoms with Gasteiger partial charge in [-0.2, -0.15) is 5.26 Å². The van der Waals surface area contributed by atoms with Gasteiger partial charge in [0.05, 0.1) is 17.6 Å². The molecule has 1 aliphatic rings. The molecule has 1 heterocycles. The maximum Gasteiger partial charge on any atom is 0.233 e. The third-order valence-electron chi connectivity index (χ3n) is 4.45. The van der Waals surface area contributed by atoms with Crippen LogP contribution in [0.2, 0.25) is 0 Å². The van der Waals surface area contributed by atoms with Gasteiger partial charge in [-0.1, -0.05) is 54.1 Å². The highest BCUT2D eigenvalue weighted by Gasteiger charge is 2.33. The van der Waals surface area contributed by atoms with Gasteiger partial charge in [-0.15, -0.1) is 10.2 Å². The van der Waals surface area contributed by atoms with Crippen molar-refractivity contribution in [1.82, 2.24) is 20.4 Å². The van der Waals surface area contributed by atoms with Crippen molar-refractivity contribution < 1.29 is 9.59 Å². The number of nitrogens with one attached hydrogen (secondary N) is 1. The predicted molar refractivity (Wildman–Crippen MR) is 109 cm³/mol. The van der Waals surface area contributed by atoms with Gasteiger partial charge in [0.25, 0.3) is 0 Å². The number of hydrogen-bond donors (Lipinski definition) is 1. The summed E-state index contributed by atoms with van der Waals surface area (Å²) in [6.07, 6.45) is 4.52. The lowest BCUT2D eigenvalue weighted by atomic mass is 9.83. The lowest BCUT2D eigenvalue weighted by Gasteiger charge is -2.31. The Kier molecular flexibility index (Phi) is 8.86. The summed E-state index contributed by atoms with van der Waals surface area (Å²) in [5.41, 5.74) is -0.706. The molecule has 0 aromatic carbocycles. The minimum absolute atomic E-state index is 0.0862. The van der Waals surface area contributed by atoms with Gasteiger partial charge < -0.3 is 10.2 Å². The number of amides is 2. The molecule has 1 fully saturated rings. The summed E-state index contributed by atoms with van der Waals surface area (Å²) in [4.78, 5) is 26.0. The van der Waals surface area contributed by atoms with Gasteiger partial charge in [0.2, 0.25) is 11.8 Å². The van der Waals surface area contributed by atoms with Crippen LogP contribution in [-0.2, 0) is 9.59 Å². The summed E-state index contributed by atoms with van der Waals surface area (Å²) < 4.78 is 1.41. The van der Waals surface area contributed by atoms with Crippen LogP contribution in [0.25, 0.3) is 0 Å². The maximum absolute atomic E-state index is 12.2.